The fraction of sp³-hybridized carbons (Fsp3) is 0.300. The van der Waals surface area contributed by atoms with E-state index in [1.54, 1.807) is 6.08 Å². The lowest BCUT2D eigenvalue weighted by atomic mass is 10.0. The highest BCUT2D eigenvalue weighted by atomic mass is 35.5. The Kier molecular flexibility index (Phi) is 2.88. The fourth-order valence-electron chi connectivity index (χ4n) is 0.976. The second-order valence-corrected chi connectivity index (χ2v) is 3.39. The molecule has 0 aliphatic carbocycles. The van der Waals surface area contributed by atoms with Gasteiger partial charge in [0.2, 0.25) is 0 Å². The van der Waals surface area contributed by atoms with E-state index in [0.717, 1.165) is 5.69 Å². The standard InChI is InChI=1S/C10H12ClN/c1-4-9-5-8(7(2)3)6-10(11)12-9/h4-7H,1H2,2-3H3. The molecular weight excluding hydrogens is 170 g/mol. The first-order valence-corrected chi connectivity index (χ1v) is 4.31. The van der Waals surface area contributed by atoms with Gasteiger partial charge in [0, 0.05) is 0 Å². The lowest BCUT2D eigenvalue weighted by Crippen LogP contribution is -1.91. The lowest BCUT2D eigenvalue weighted by Gasteiger charge is -2.05. The molecule has 0 atom stereocenters. The highest BCUT2D eigenvalue weighted by molar-refractivity contribution is 6.29. The zero-order chi connectivity index (χ0) is 9.14. The first-order chi connectivity index (χ1) is 5.63. The van der Waals surface area contributed by atoms with Crippen LogP contribution in [0.25, 0.3) is 6.08 Å². The van der Waals surface area contributed by atoms with Crippen molar-refractivity contribution < 1.29 is 0 Å². The number of rotatable bonds is 2. The van der Waals surface area contributed by atoms with Crippen molar-refractivity contribution >= 4 is 17.7 Å². The van der Waals surface area contributed by atoms with Crippen LogP contribution in [-0.4, -0.2) is 4.98 Å². The molecule has 1 rings (SSSR count). The van der Waals surface area contributed by atoms with Crippen LogP contribution in [0, 0.1) is 0 Å². The van der Waals surface area contributed by atoms with Gasteiger partial charge >= 0.3 is 0 Å². The van der Waals surface area contributed by atoms with Gasteiger partial charge in [0.25, 0.3) is 0 Å². The average Bonchev–Trinajstić information content (AvgIpc) is 2.03. The quantitative estimate of drug-likeness (QED) is 0.637. The number of aromatic nitrogens is 1. The summed E-state index contributed by atoms with van der Waals surface area (Å²) < 4.78 is 0. The zero-order valence-electron chi connectivity index (χ0n) is 7.34. The van der Waals surface area contributed by atoms with Crippen LogP contribution in [0.4, 0.5) is 0 Å². The van der Waals surface area contributed by atoms with Crippen molar-refractivity contribution in [1.29, 1.82) is 0 Å². The maximum Gasteiger partial charge on any atom is 0.130 e. The summed E-state index contributed by atoms with van der Waals surface area (Å²) in [5, 5.41) is 0.538. The number of hydrogen-bond donors (Lipinski definition) is 0. The molecule has 0 N–H and O–H groups in total. The minimum absolute atomic E-state index is 0.476. The molecular formula is C10H12ClN. The molecule has 1 nitrogen and oxygen atoms in total. The van der Waals surface area contributed by atoms with E-state index in [9.17, 15) is 0 Å². The molecule has 2 heteroatoms. The van der Waals surface area contributed by atoms with Crippen LogP contribution in [0.1, 0.15) is 31.0 Å². The molecule has 0 radical (unpaired) electrons. The van der Waals surface area contributed by atoms with Gasteiger partial charge in [-0.25, -0.2) is 4.98 Å². The van der Waals surface area contributed by atoms with E-state index in [1.807, 2.05) is 12.1 Å². The third-order valence-electron chi connectivity index (χ3n) is 1.71. The molecule has 0 amide bonds. The number of pyridine rings is 1. The summed E-state index contributed by atoms with van der Waals surface area (Å²) in [5.41, 5.74) is 2.04. The van der Waals surface area contributed by atoms with Crippen molar-refractivity contribution in [3.05, 3.63) is 35.1 Å². The Morgan fingerprint density at radius 3 is 2.67 bits per heavy atom. The summed E-state index contributed by atoms with van der Waals surface area (Å²) in [7, 11) is 0. The average molecular weight is 182 g/mol. The molecule has 0 aromatic carbocycles. The summed E-state index contributed by atoms with van der Waals surface area (Å²) in [5.74, 6) is 0.476. The molecule has 1 heterocycles. The Hall–Kier alpha value is -0.820. The highest BCUT2D eigenvalue weighted by Gasteiger charge is 2.02. The van der Waals surface area contributed by atoms with Crippen LogP contribution in [0.3, 0.4) is 0 Å². The van der Waals surface area contributed by atoms with Gasteiger partial charge < -0.3 is 0 Å². The van der Waals surface area contributed by atoms with Crippen molar-refractivity contribution in [2.75, 3.05) is 0 Å². The summed E-state index contributed by atoms with van der Waals surface area (Å²) in [6, 6.07) is 3.89. The van der Waals surface area contributed by atoms with Crippen LogP contribution in [0.15, 0.2) is 18.7 Å². The number of hydrogen-bond acceptors (Lipinski definition) is 1. The Balaban J connectivity index is 3.14. The Morgan fingerprint density at radius 1 is 1.50 bits per heavy atom. The van der Waals surface area contributed by atoms with Gasteiger partial charge in [-0.3, -0.25) is 0 Å². The summed E-state index contributed by atoms with van der Waals surface area (Å²) in [6.07, 6.45) is 1.71. The predicted octanol–water partition coefficient (Wildman–Crippen LogP) is 3.50. The molecule has 0 saturated heterocycles. The SMILES string of the molecule is C=Cc1cc(C(C)C)cc(Cl)n1. The molecule has 0 bridgehead atoms. The number of halogens is 1. The van der Waals surface area contributed by atoms with Gasteiger partial charge in [0.1, 0.15) is 5.15 Å². The van der Waals surface area contributed by atoms with Gasteiger partial charge in [-0.05, 0) is 29.7 Å². The third-order valence-corrected chi connectivity index (χ3v) is 1.91. The molecule has 0 saturated carbocycles. The minimum atomic E-state index is 0.476. The molecule has 0 fully saturated rings. The van der Waals surface area contributed by atoms with Crippen LogP contribution < -0.4 is 0 Å². The minimum Gasteiger partial charge on any atom is -0.237 e. The van der Waals surface area contributed by atoms with Crippen molar-refractivity contribution in [3.8, 4) is 0 Å². The Bertz CT molecular complexity index is 292. The van der Waals surface area contributed by atoms with E-state index in [2.05, 4.69) is 25.4 Å². The molecule has 0 aliphatic rings. The van der Waals surface area contributed by atoms with E-state index in [0.29, 0.717) is 11.1 Å². The molecule has 0 unspecified atom stereocenters. The van der Waals surface area contributed by atoms with E-state index in [-0.39, 0.29) is 0 Å². The topological polar surface area (TPSA) is 12.9 Å². The van der Waals surface area contributed by atoms with Crippen molar-refractivity contribution in [1.82, 2.24) is 4.98 Å². The zero-order valence-corrected chi connectivity index (χ0v) is 8.10. The van der Waals surface area contributed by atoms with E-state index >= 15 is 0 Å². The monoisotopic (exact) mass is 181 g/mol. The van der Waals surface area contributed by atoms with E-state index in [1.165, 1.54) is 5.56 Å². The van der Waals surface area contributed by atoms with Gasteiger partial charge in [-0.1, -0.05) is 32.0 Å². The Morgan fingerprint density at radius 2 is 2.17 bits per heavy atom. The summed E-state index contributed by atoms with van der Waals surface area (Å²) in [4.78, 5) is 4.08. The molecule has 0 spiro atoms. The predicted molar refractivity (Wildman–Crippen MR) is 53.4 cm³/mol. The molecule has 64 valence electrons. The maximum atomic E-state index is 5.81. The molecule has 0 aliphatic heterocycles. The fourth-order valence-corrected chi connectivity index (χ4v) is 1.20. The first-order valence-electron chi connectivity index (χ1n) is 3.93. The first kappa shape index (κ1) is 9.27. The molecule has 12 heavy (non-hydrogen) atoms. The van der Waals surface area contributed by atoms with Gasteiger partial charge in [-0.15, -0.1) is 0 Å². The van der Waals surface area contributed by atoms with Crippen LogP contribution >= 0.6 is 11.6 Å². The van der Waals surface area contributed by atoms with Crippen molar-refractivity contribution in [2.45, 2.75) is 19.8 Å². The largest absolute Gasteiger partial charge is 0.237 e. The molecule has 1 aromatic heterocycles. The van der Waals surface area contributed by atoms with Crippen molar-refractivity contribution in [2.24, 2.45) is 0 Å². The van der Waals surface area contributed by atoms with Crippen molar-refractivity contribution in [3.63, 3.8) is 0 Å². The second-order valence-electron chi connectivity index (χ2n) is 3.01. The summed E-state index contributed by atoms with van der Waals surface area (Å²) >= 11 is 5.81. The van der Waals surface area contributed by atoms with E-state index < -0.39 is 0 Å². The van der Waals surface area contributed by atoms with Crippen LogP contribution in [0.5, 0.6) is 0 Å². The third kappa shape index (κ3) is 2.08. The molecule has 1 aromatic rings. The number of nitrogens with zero attached hydrogens (tertiary/aromatic N) is 1. The van der Waals surface area contributed by atoms with Crippen LogP contribution in [-0.2, 0) is 0 Å². The smallest absolute Gasteiger partial charge is 0.130 e. The second kappa shape index (κ2) is 3.72. The lowest BCUT2D eigenvalue weighted by molar-refractivity contribution is 0.862. The van der Waals surface area contributed by atoms with Crippen LogP contribution in [0.2, 0.25) is 5.15 Å². The van der Waals surface area contributed by atoms with Gasteiger partial charge in [0.15, 0.2) is 0 Å². The Labute approximate surface area is 78.1 Å². The van der Waals surface area contributed by atoms with Gasteiger partial charge in [0.05, 0.1) is 5.69 Å². The van der Waals surface area contributed by atoms with Gasteiger partial charge in [-0.2, -0.15) is 0 Å². The maximum absolute atomic E-state index is 5.81. The normalized spacial score (nSPS) is 10.3. The summed E-state index contributed by atoms with van der Waals surface area (Å²) in [6.45, 7) is 7.90. The van der Waals surface area contributed by atoms with E-state index in [4.69, 9.17) is 11.6 Å². The highest BCUT2D eigenvalue weighted by Crippen LogP contribution is 2.19.